The van der Waals surface area contributed by atoms with Gasteiger partial charge in [0, 0.05) is 31.7 Å². The Morgan fingerprint density at radius 3 is 2.12 bits per heavy atom. The topological polar surface area (TPSA) is 53.5 Å². The Hall–Kier alpha value is -2.18. The van der Waals surface area contributed by atoms with Crippen molar-refractivity contribution in [3.8, 4) is 0 Å². The van der Waals surface area contributed by atoms with Gasteiger partial charge in [0.2, 0.25) is 0 Å². The van der Waals surface area contributed by atoms with E-state index in [9.17, 15) is 14.0 Å². The predicted octanol–water partition coefficient (Wildman–Crippen LogP) is 3.52. The molecule has 26 heavy (non-hydrogen) atoms. The van der Waals surface area contributed by atoms with E-state index in [-0.39, 0.29) is 27.7 Å². The average Bonchev–Trinajstić information content (AvgIpc) is 2.86. The zero-order valence-electron chi connectivity index (χ0n) is 13.8. The molecule has 1 aromatic heterocycles. The average molecular weight is 396 g/mol. The molecule has 1 saturated heterocycles. The summed E-state index contributed by atoms with van der Waals surface area (Å²) in [7, 11) is 0. The van der Waals surface area contributed by atoms with Gasteiger partial charge in [-0.2, -0.15) is 0 Å². The van der Waals surface area contributed by atoms with Crippen molar-refractivity contribution in [1.82, 2.24) is 14.8 Å². The van der Waals surface area contributed by atoms with Crippen LogP contribution >= 0.6 is 23.2 Å². The maximum absolute atomic E-state index is 13.9. The minimum Gasteiger partial charge on any atom is -0.337 e. The first-order chi connectivity index (χ1) is 12.5. The van der Waals surface area contributed by atoms with Crippen molar-refractivity contribution in [2.75, 3.05) is 26.2 Å². The van der Waals surface area contributed by atoms with Crippen molar-refractivity contribution in [2.24, 2.45) is 0 Å². The molecule has 0 N–H and O–H groups in total. The second kappa shape index (κ2) is 8.01. The van der Waals surface area contributed by atoms with Crippen LogP contribution in [0.3, 0.4) is 0 Å². The van der Waals surface area contributed by atoms with Crippen LogP contribution in [0.2, 0.25) is 10.3 Å². The van der Waals surface area contributed by atoms with Gasteiger partial charge in [-0.3, -0.25) is 9.59 Å². The van der Waals surface area contributed by atoms with Gasteiger partial charge in [0.15, 0.2) is 0 Å². The fraction of sp³-hybridized carbons (Fsp3) is 0.278. The molecule has 0 aliphatic carbocycles. The van der Waals surface area contributed by atoms with E-state index in [0.29, 0.717) is 38.2 Å². The number of nitrogens with zero attached hydrogens (tertiary/aromatic N) is 3. The van der Waals surface area contributed by atoms with Crippen molar-refractivity contribution < 1.29 is 14.0 Å². The lowest BCUT2D eigenvalue weighted by molar-refractivity contribution is 0.0716. The van der Waals surface area contributed by atoms with Gasteiger partial charge in [-0.15, -0.1) is 0 Å². The van der Waals surface area contributed by atoms with Gasteiger partial charge in [-0.05, 0) is 30.7 Å². The summed E-state index contributed by atoms with van der Waals surface area (Å²) in [5.74, 6) is -1.14. The molecular formula is C18H16Cl2FN3O2. The highest BCUT2D eigenvalue weighted by atomic mass is 35.5. The first-order valence-corrected chi connectivity index (χ1v) is 8.87. The van der Waals surface area contributed by atoms with Crippen LogP contribution in [0.5, 0.6) is 0 Å². The number of amides is 2. The molecule has 0 bridgehead atoms. The molecule has 1 aromatic carbocycles. The van der Waals surface area contributed by atoms with Gasteiger partial charge in [0.1, 0.15) is 16.1 Å². The zero-order chi connectivity index (χ0) is 18.7. The van der Waals surface area contributed by atoms with Crippen LogP contribution in [0.15, 0.2) is 36.4 Å². The second-order valence-corrected chi connectivity index (χ2v) is 6.69. The van der Waals surface area contributed by atoms with E-state index in [1.165, 1.54) is 24.3 Å². The Morgan fingerprint density at radius 2 is 1.50 bits per heavy atom. The first kappa shape index (κ1) is 18.6. The molecule has 1 aliphatic rings. The quantitative estimate of drug-likeness (QED) is 0.730. The summed E-state index contributed by atoms with van der Waals surface area (Å²) in [6, 6.07) is 8.82. The fourth-order valence-electron chi connectivity index (χ4n) is 2.90. The van der Waals surface area contributed by atoms with Crippen LogP contribution in [0.25, 0.3) is 0 Å². The van der Waals surface area contributed by atoms with Crippen LogP contribution in [0, 0.1) is 5.82 Å². The maximum Gasteiger partial charge on any atom is 0.256 e. The predicted molar refractivity (Wildman–Crippen MR) is 97.1 cm³/mol. The normalized spacial score (nSPS) is 14.9. The van der Waals surface area contributed by atoms with E-state index in [2.05, 4.69) is 4.98 Å². The lowest BCUT2D eigenvalue weighted by Crippen LogP contribution is -2.37. The second-order valence-electron chi connectivity index (χ2n) is 5.92. The third-order valence-electron chi connectivity index (χ3n) is 4.18. The van der Waals surface area contributed by atoms with Crippen LogP contribution < -0.4 is 0 Å². The molecule has 136 valence electrons. The Balaban J connectivity index is 1.71. The molecule has 1 aliphatic heterocycles. The summed E-state index contributed by atoms with van der Waals surface area (Å²) in [5, 5.41) is 0.291. The van der Waals surface area contributed by atoms with Crippen molar-refractivity contribution in [1.29, 1.82) is 0 Å². The number of carbonyl (C=O) groups excluding carboxylic acids is 2. The Morgan fingerprint density at radius 1 is 0.923 bits per heavy atom. The van der Waals surface area contributed by atoms with E-state index in [1.807, 2.05) is 0 Å². The molecule has 0 atom stereocenters. The molecular weight excluding hydrogens is 380 g/mol. The molecule has 5 nitrogen and oxygen atoms in total. The number of carbonyl (C=O) groups is 2. The van der Waals surface area contributed by atoms with Crippen molar-refractivity contribution in [2.45, 2.75) is 6.42 Å². The Kier molecular flexibility index (Phi) is 5.74. The van der Waals surface area contributed by atoms with Gasteiger partial charge < -0.3 is 9.80 Å². The van der Waals surface area contributed by atoms with E-state index < -0.39 is 5.82 Å². The van der Waals surface area contributed by atoms with E-state index >= 15 is 0 Å². The van der Waals surface area contributed by atoms with E-state index in [1.54, 1.807) is 21.9 Å². The van der Waals surface area contributed by atoms with Crippen molar-refractivity contribution in [3.63, 3.8) is 0 Å². The highest BCUT2D eigenvalue weighted by Crippen LogP contribution is 2.18. The lowest BCUT2D eigenvalue weighted by atomic mass is 10.2. The minimum absolute atomic E-state index is 0.0416. The maximum atomic E-state index is 13.9. The standard InChI is InChI=1S/C18H16Cl2FN3O2/c19-15-10-12(11-16(20)22-15)17(25)23-6-3-7-24(9-8-23)18(26)13-4-1-2-5-14(13)21/h1-2,4-5,10-11H,3,6-9H2. The molecule has 0 saturated carbocycles. The van der Waals surface area contributed by atoms with Crippen LogP contribution in [-0.2, 0) is 0 Å². The fourth-order valence-corrected chi connectivity index (χ4v) is 3.36. The van der Waals surface area contributed by atoms with E-state index in [4.69, 9.17) is 23.2 Å². The van der Waals surface area contributed by atoms with Crippen molar-refractivity contribution >= 4 is 35.0 Å². The SMILES string of the molecule is O=C(c1cc(Cl)nc(Cl)c1)N1CCCN(C(=O)c2ccccc2F)CC1. The summed E-state index contributed by atoms with van der Waals surface area (Å²) >= 11 is 11.7. The summed E-state index contributed by atoms with van der Waals surface area (Å²) < 4.78 is 13.9. The van der Waals surface area contributed by atoms with Gasteiger partial charge >= 0.3 is 0 Å². The van der Waals surface area contributed by atoms with Gasteiger partial charge in [0.05, 0.1) is 5.56 Å². The Labute approximate surface area is 160 Å². The molecule has 8 heteroatoms. The number of aromatic nitrogens is 1. The smallest absolute Gasteiger partial charge is 0.256 e. The molecule has 2 amide bonds. The molecule has 1 fully saturated rings. The van der Waals surface area contributed by atoms with Crippen molar-refractivity contribution in [3.05, 3.63) is 63.6 Å². The third-order valence-corrected chi connectivity index (χ3v) is 4.57. The van der Waals surface area contributed by atoms with Gasteiger partial charge in [0.25, 0.3) is 11.8 Å². The molecule has 0 unspecified atom stereocenters. The third kappa shape index (κ3) is 4.14. The van der Waals surface area contributed by atoms with Gasteiger partial charge in [-0.1, -0.05) is 35.3 Å². The minimum atomic E-state index is -0.546. The van der Waals surface area contributed by atoms with Crippen LogP contribution in [0.1, 0.15) is 27.1 Å². The van der Waals surface area contributed by atoms with Crippen LogP contribution in [0.4, 0.5) is 4.39 Å². The monoisotopic (exact) mass is 395 g/mol. The Bertz CT molecular complexity index is 827. The van der Waals surface area contributed by atoms with Gasteiger partial charge in [-0.25, -0.2) is 9.37 Å². The molecule has 0 radical (unpaired) electrons. The number of rotatable bonds is 2. The zero-order valence-corrected chi connectivity index (χ0v) is 15.3. The molecule has 2 heterocycles. The highest BCUT2D eigenvalue weighted by Gasteiger charge is 2.25. The number of hydrogen-bond acceptors (Lipinski definition) is 3. The number of hydrogen-bond donors (Lipinski definition) is 0. The highest BCUT2D eigenvalue weighted by molar-refractivity contribution is 6.33. The summed E-state index contributed by atoms with van der Waals surface area (Å²) in [4.78, 5) is 32.3. The van der Waals surface area contributed by atoms with Crippen LogP contribution in [-0.4, -0.2) is 52.8 Å². The molecule has 2 aromatic rings. The number of halogens is 3. The number of benzene rings is 1. The molecule has 0 spiro atoms. The summed E-state index contributed by atoms with van der Waals surface area (Å²) in [6.07, 6.45) is 0.596. The first-order valence-electron chi connectivity index (χ1n) is 8.12. The lowest BCUT2D eigenvalue weighted by Gasteiger charge is -2.22. The molecule has 3 rings (SSSR count). The number of pyridine rings is 1. The summed E-state index contributed by atoms with van der Waals surface area (Å²) in [5.41, 5.74) is 0.392. The van der Waals surface area contributed by atoms with E-state index in [0.717, 1.165) is 0 Å². The summed E-state index contributed by atoms with van der Waals surface area (Å²) in [6.45, 7) is 1.61. The largest absolute Gasteiger partial charge is 0.337 e.